The predicted molar refractivity (Wildman–Crippen MR) is 63.1 cm³/mol. The lowest BCUT2D eigenvalue weighted by Crippen LogP contribution is -2.10. The summed E-state index contributed by atoms with van der Waals surface area (Å²) >= 11 is 0. The molecule has 0 atom stereocenters. The van der Waals surface area contributed by atoms with Crippen LogP contribution in [0.3, 0.4) is 0 Å². The number of aromatic nitrogens is 4. The van der Waals surface area contributed by atoms with Crippen LogP contribution in [0.1, 0.15) is 25.6 Å². The Morgan fingerprint density at radius 2 is 2.19 bits per heavy atom. The van der Waals surface area contributed by atoms with E-state index in [0.29, 0.717) is 6.04 Å². The maximum absolute atomic E-state index is 4.31. The van der Waals surface area contributed by atoms with Gasteiger partial charge in [-0.3, -0.25) is 4.68 Å². The van der Waals surface area contributed by atoms with Gasteiger partial charge in [0, 0.05) is 25.4 Å². The molecule has 0 spiro atoms. The van der Waals surface area contributed by atoms with Gasteiger partial charge in [-0.25, -0.2) is 4.68 Å². The smallest absolute Gasteiger partial charge is 0.124 e. The van der Waals surface area contributed by atoms with E-state index in [-0.39, 0.29) is 0 Å². The molecule has 16 heavy (non-hydrogen) atoms. The van der Waals surface area contributed by atoms with Crippen LogP contribution in [-0.4, -0.2) is 19.6 Å². The largest absolute Gasteiger partial charge is 0.365 e. The zero-order chi connectivity index (χ0) is 11.5. The fourth-order valence-electron chi connectivity index (χ4n) is 1.60. The number of hydrogen-bond donors (Lipinski definition) is 1. The normalized spacial score (nSPS) is 11.0. The van der Waals surface area contributed by atoms with Crippen molar-refractivity contribution in [1.82, 2.24) is 19.6 Å². The van der Waals surface area contributed by atoms with Crippen molar-refractivity contribution in [3.63, 3.8) is 0 Å². The van der Waals surface area contributed by atoms with Crippen molar-refractivity contribution in [1.29, 1.82) is 0 Å². The van der Waals surface area contributed by atoms with Gasteiger partial charge in [0.25, 0.3) is 0 Å². The van der Waals surface area contributed by atoms with E-state index in [4.69, 9.17) is 0 Å². The number of aryl methyl sites for hydroxylation is 1. The number of anilines is 1. The van der Waals surface area contributed by atoms with Crippen molar-refractivity contribution in [2.45, 2.75) is 26.4 Å². The number of nitrogens with zero attached hydrogens (tertiary/aromatic N) is 4. The molecule has 86 valence electrons. The molecule has 0 aromatic carbocycles. The molecular formula is C11H17N5. The van der Waals surface area contributed by atoms with Crippen LogP contribution < -0.4 is 5.32 Å². The van der Waals surface area contributed by atoms with Gasteiger partial charge in [-0.15, -0.1) is 0 Å². The minimum Gasteiger partial charge on any atom is -0.365 e. The Morgan fingerprint density at radius 3 is 2.81 bits per heavy atom. The third-order valence-electron chi connectivity index (χ3n) is 2.38. The summed E-state index contributed by atoms with van der Waals surface area (Å²) in [6, 6.07) is 4.34. The van der Waals surface area contributed by atoms with Crippen LogP contribution in [0.2, 0.25) is 0 Å². The Bertz CT molecular complexity index is 454. The highest BCUT2D eigenvalue weighted by atomic mass is 15.3. The molecule has 2 rings (SSSR count). The van der Waals surface area contributed by atoms with Crippen LogP contribution in [0.5, 0.6) is 0 Å². The van der Waals surface area contributed by atoms with Crippen LogP contribution >= 0.6 is 0 Å². The third-order valence-corrected chi connectivity index (χ3v) is 2.38. The molecule has 0 saturated heterocycles. The maximum Gasteiger partial charge on any atom is 0.124 e. The summed E-state index contributed by atoms with van der Waals surface area (Å²) in [7, 11) is 1.92. The van der Waals surface area contributed by atoms with Gasteiger partial charge in [0.1, 0.15) is 5.82 Å². The van der Waals surface area contributed by atoms with Gasteiger partial charge in [0.05, 0.1) is 18.4 Å². The molecule has 0 amide bonds. The van der Waals surface area contributed by atoms with Crippen molar-refractivity contribution in [3.8, 4) is 0 Å². The molecule has 2 heterocycles. The van der Waals surface area contributed by atoms with Gasteiger partial charge in [-0.05, 0) is 19.9 Å². The summed E-state index contributed by atoms with van der Waals surface area (Å²) in [4.78, 5) is 0. The SMILES string of the molecule is CC(C)n1nccc1NCc1ccn(C)n1. The van der Waals surface area contributed by atoms with E-state index in [0.717, 1.165) is 18.1 Å². The van der Waals surface area contributed by atoms with Gasteiger partial charge in [-0.1, -0.05) is 0 Å². The Morgan fingerprint density at radius 1 is 1.38 bits per heavy atom. The topological polar surface area (TPSA) is 47.7 Å². The molecule has 0 aliphatic rings. The fraction of sp³-hybridized carbons (Fsp3) is 0.455. The van der Waals surface area contributed by atoms with Crippen LogP contribution in [-0.2, 0) is 13.6 Å². The van der Waals surface area contributed by atoms with Crippen molar-refractivity contribution in [2.24, 2.45) is 7.05 Å². The van der Waals surface area contributed by atoms with Crippen LogP contribution in [0.4, 0.5) is 5.82 Å². The van der Waals surface area contributed by atoms with Crippen molar-refractivity contribution in [2.75, 3.05) is 5.32 Å². The Kier molecular flexibility index (Phi) is 2.94. The summed E-state index contributed by atoms with van der Waals surface area (Å²) in [5.74, 6) is 1.03. The Hall–Kier alpha value is -1.78. The molecule has 0 aliphatic carbocycles. The molecule has 0 aliphatic heterocycles. The van der Waals surface area contributed by atoms with E-state index >= 15 is 0 Å². The van der Waals surface area contributed by atoms with Crippen LogP contribution in [0, 0.1) is 0 Å². The van der Waals surface area contributed by atoms with Crippen LogP contribution in [0.15, 0.2) is 24.5 Å². The van der Waals surface area contributed by atoms with Gasteiger partial charge in [0.15, 0.2) is 0 Å². The lowest BCUT2D eigenvalue weighted by Gasteiger charge is -2.11. The van der Waals surface area contributed by atoms with E-state index in [1.165, 1.54) is 0 Å². The number of hydrogen-bond acceptors (Lipinski definition) is 3. The summed E-state index contributed by atoms with van der Waals surface area (Å²) in [6.45, 7) is 4.94. The first-order valence-corrected chi connectivity index (χ1v) is 5.42. The molecule has 0 fully saturated rings. The summed E-state index contributed by atoms with van der Waals surface area (Å²) < 4.78 is 3.76. The molecule has 0 unspecified atom stereocenters. The quantitative estimate of drug-likeness (QED) is 0.853. The van der Waals surface area contributed by atoms with Crippen molar-refractivity contribution < 1.29 is 0 Å². The van der Waals surface area contributed by atoms with Gasteiger partial charge in [-0.2, -0.15) is 10.2 Å². The van der Waals surface area contributed by atoms with Crippen LogP contribution in [0.25, 0.3) is 0 Å². The molecule has 5 heteroatoms. The fourth-order valence-corrected chi connectivity index (χ4v) is 1.60. The van der Waals surface area contributed by atoms with Crippen molar-refractivity contribution >= 4 is 5.82 Å². The van der Waals surface area contributed by atoms with E-state index in [1.54, 1.807) is 10.9 Å². The lowest BCUT2D eigenvalue weighted by molar-refractivity contribution is 0.537. The second-order valence-electron chi connectivity index (χ2n) is 4.09. The molecule has 5 nitrogen and oxygen atoms in total. The molecule has 1 N–H and O–H groups in total. The van der Waals surface area contributed by atoms with Gasteiger partial charge in [0.2, 0.25) is 0 Å². The highest BCUT2D eigenvalue weighted by Crippen LogP contribution is 2.13. The van der Waals surface area contributed by atoms with Gasteiger partial charge < -0.3 is 5.32 Å². The first kappa shape index (κ1) is 10.7. The minimum absolute atomic E-state index is 0.362. The van der Waals surface area contributed by atoms with Crippen molar-refractivity contribution in [3.05, 3.63) is 30.2 Å². The second kappa shape index (κ2) is 4.38. The van der Waals surface area contributed by atoms with Gasteiger partial charge >= 0.3 is 0 Å². The zero-order valence-electron chi connectivity index (χ0n) is 9.88. The first-order valence-electron chi connectivity index (χ1n) is 5.42. The summed E-state index contributed by atoms with van der Waals surface area (Å²) in [5.41, 5.74) is 1.03. The molecule has 0 bridgehead atoms. The van der Waals surface area contributed by atoms with E-state index < -0.39 is 0 Å². The van der Waals surface area contributed by atoms with E-state index in [9.17, 15) is 0 Å². The molecule has 2 aromatic rings. The highest BCUT2D eigenvalue weighted by Gasteiger charge is 2.05. The predicted octanol–water partition coefficient (Wildman–Crippen LogP) is 1.81. The molecule has 2 aromatic heterocycles. The summed E-state index contributed by atoms with van der Waals surface area (Å²) in [6.07, 6.45) is 3.75. The Labute approximate surface area is 95.1 Å². The first-order chi connectivity index (χ1) is 7.66. The van der Waals surface area contributed by atoms with E-state index in [2.05, 4.69) is 29.4 Å². The summed E-state index contributed by atoms with van der Waals surface area (Å²) in [5, 5.41) is 11.9. The zero-order valence-corrected chi connectivity index (χ0v) is 9.88. The average Bonchev–Trinajstić information content (AvgIpc) is 2.83. The average molecular weight is 219 g/mol. The van der Waals surface area contributed by atoms with E-state index in [1.807, 2.05) is 30.1 Å². The number of nitrogens with one attached hydrogen (secondary N) is 1. The third kappa shape index (κ3) is 2.24. The monoisotopic (exact) mass is 219 g/mol. The Balaban J connectivity index is 2.02. The lowest BCUT2D eigenvalue weighted by atomic mass is 10.4. The second-order valence-corrected chi connectivity index (χ2v) is 4.09. The minimum atomic E-state index is 0.362. The standard InChI is InChI=1S/C11H17N5/c1-9(2)16-11(4-6-13-16)12-8-10-5-7-15(3)14-10/h4-7,9,12H,8H2,1-3H3. The molecular weight excluding hydrogens is 202 g/mol. The number of rotatable bonds is 4. The maximum atomic E-state index is 4.31. The highest BCUT2D eigenvalue weighted by molar-refractivity contribution is 5.34. The molecule has 0 saturated carbocycles. The molecule has 0 radical (unpaired) electrons.